The second-order valence-electron chi connectivity index (χ2n) is 6.67. The predicted octanol–water partition coefficient (Wildman–Crippen LogP) is 3.52. The Morgan fingerprint density at radius 2 is 2.07 bits per heavy atom. The predicted molar refractivity (Wildman–Crippen MR) is 108 cm³/mol. The van der Waals surface area contributed by atoms with E-state index < -0.39 is 6.10 Å². The molecule has 0 amide bonds. The van der Waals surface area contributed by atoms with Gasteiger partial charge in [0, 0.05) is 35.8 Å². The number of H-pyrrole nitrogens is 1. The van der Waals surface area contributed by atoms with Crippen LogP contribution in [0.1, 0.15) is 23.8 Å². The van der Waals surface area contributed by atoms with Crippen molar-refractivity contribution in [2.24, 2.45) is 0 Å². The summed E-state index contributed by atoms with van der Waals surface area (Å²) in [6.07, 6.45) is 3.42. The van der Waals surface area contributed by atoms with Crippen molar-refractivity contribution in [2.45, 2.75) is 19.4 Å². The van der Waals surface area contributed by atoms with Crippen LogP contribution in [0, 0.1) is 6.92 Å². The molecule has 0 saturated heterocycles. The molecule has 0 aliphatic carbocycles. The van der Waals surface area contributed by atoms with Gasteiger partial charge >= 0.3 is 0 Å². The number of aliphatic hydroxyl groups is 1. The summed E-state index contributed by atoms with van der Waals surface area (Å²) in [6.45, 7) is 2.34. The minimum absolute atomic E-state index is 0.129. The molecule has 1 unspecified atom stereocenters. The van der Waals surface area contributed by atoms with E-state index in [1.165, 1.54) is 6.07 Å². The summed E-state index contributed by atoms with van der Waals surface area (Å²) in [5, 5.41) is 11.6. The third-order valence-corrected chi connectivity index (χ3v) is 4.70. The molecule has 0 spiro atoms. The van der Waals surface area contributed by atoms with Crippen molar-refractivity contribution in [2.75, 3.05) is 6.61 Å². The van der Waals surface area contributed by atoms with E-state index >= 15 is 0 Å². The first-order valence-corrected chi connectivity index (χ1v) is 9.15. The first-order chi connectivity index (χ1) is 13.6. The van der Waals surface area contributed by atoms with Gasteiger partial charge in [0.25, 0.3) is 0 Å². The number of aromatic amines is 1. The molecule has 142 valence electrons. The van der Waals surface area contributed by atoms with E-state index in [1.807, 2.05) is 60.2 Å². The average molecular weight is 375 g/mol. The molecule has 2 N–H and O–H groups in total. The number of nitrogens with one attached hydrogen (secondary N) is 1. The Morgan fingerprint density at radius 3 is 2.89 bits per heavy atom. The van der Waals surface area contributed by atoms with E-state index in [0.717, 1.165) is 28.0 Å². The van der Waals surface area contributed by atoms with E-state index in [-0.39, 0.29) is 5.56 Å². The molecule has 1 atom stereocenters. The zero-order valence-corrected chi connectivity index (χ0v) is 15.5. The Balaban J connectivity index is 1.45. The second-order valence-corrected chi connectivity index (χ2v) is 6.67. The molecule has 0 radical (unpaired) electrons. The molecule has 0 aliphatic rings. The average Bonchev–Trinajstić information content (AvgIpc) is 3.10. The van der Waals surface area contributed by atoms with Gasteiger partial charge in [-0.25, -0.2) is 4.98 Å². The van der Waals surface area contributed by atoms with Gasteiger partial charge in [-0.1, -0.05) is 6.07 Å². The van der Waals surface area contributed by atoms with Crippen molar-refractivity contribution >= 4 is 10.9 Å². The highest BCUT2D eigenvalue weighted by Crippen LogP contribution is 2.25. The summed E-state index contributed by atoms with van der Waals surface area (Å²) >= 11 is 0. The number of aryl methyl sites for hydroxylation is 1. The molecule has 4 aromatic rings. The molecule has 1 aromatic carbocycles. The molecule has 0 aliphatic heterocycles. The summed E-state index contributed by atoms with van der Waals surface area (Å²) in [7, 11) is 0. The maximum absolute atomic E-state index is 11.4. The second kappa shape index (κ2) is 7.70. The Hall–Kier alpha value is -3.38. The molecule has 6 nitrogen and oxygen atoms in total. The van der Waals surface area contributed by atoms with Crippen molar-refractivity contribution in [3.8, 4) is 11.6 Å². The lowest BCUT2D eigenvalue weighted by Gasteiger charge is -2.16. The number of hydrogen-bond donors (Lipinski definition) is 2. The molecule has 3 heterocycles. The Kier molecular flexibility index (Phi) is 4.95. The van der Waals surface area contributed by atoms with Crippen LogP contribution < -0.4 is 10.3 Å². The zero-order chi connectivity index (χ0) is 19.5. The molecule has 0 fully saturated rings. The van der Waals surface area contributed by atoms with Gasteiger partial charge in [-0.15, -0.1) is 0 Å². The Labute approximate surface area is 162 Å². The largest absolute Gasteiger partial charge is 0.493 e. The van der Waals surface area contributed by atoms with Crippen molar-refractivity contribution in [1.82, 2.24) is 14.5 Å². The molecular formula is C22H21N3O3. The Bertz CT molecular complexity index is 1150. The van der Waals surface area contributed by atoms with Gasteiger partial charge in [-0.3, -0.25) is 4.79 Å². The number of hydrogen-bond acceptors (Lipinski definition) is 4. The molecule has 6 heteroatoms. The lowest BCUT2D eigenvalue weighted by Crippen LogP contribution is -2.11. The third kappa shape index (κ3) is 3.68. The highest BCUT2D eigenvalue weighted by molar-refractivity contribution is 5.79. The van der Waals surface area contributed by atoms with Crippen molar-refractivity contribution < 1.29 is 9.84 Å². The van der Waals surface area contributed by atoms with Crippen LogP contribution in [0.2, 0.25) is 0 Å². The number of pyridine rings is 2. The fourth-order valence-electron chi connectivity index (χ4n) is 3.31. The van der Waals surface area contributed by atoms with E-state index in [1.54, 1.807) is 12.3 Å². The van der Waals surface area contributed by atoms with Gasteiger partial charge in [0.1, 0.15) is 11.6 Å². The van der Waals surface area contributed by atoms with Crippen molar-refractivity contribution in [3.05, 3.63) is 88.6 Å². The van der Waals surface area contributed by atoms with E-state index in [4.69, 9.17) is 4.74 Å². The van der Waals surface area contributed by atoms with Crippen LogP contribution in [-0.2, 0) is 0 Å². The number of rotatable bonds is 6. The van der Waals surface area contributed by atoms with Gasteiger partial charge < -0.3 is 19.4 Å². The number of aliphatic hydroxyl groups excluding tert-OH is 1. The fourth-order valence-corrected chi connectivity index (χ4v) is 3.31. The van der Waals surface area contributed by atoms with Crippen LogP contribution in [-0.4, -0.2) is 26.2 Å². The van der Waals surface area contributed by atoms with E-state index in [9.17, 15) is 9.90 Å². The topological polar surface area (TPSA) is 80.1 Å². The van der Waals surface area contributed by atoms with Crippen LogP contribution in [0.5, 0.6) is 5.75 Å². The summed E-state index contributed by atoms with van der Waals surface area (Å²) in [5.74, 6) is 1.47. The normalized spacial score (nSPS) is 12.2. The van der Waals surface area contributed by atoms with Crippen molar-refractivity contribution in [3.63, 3.8) is 0 Å². The molecule has 28 heavy (non-hydrogen) atoms. The van der Waals surface area contributed by atoms with Crippen molar-refractivity contribution in [1.29, 1.82) is 0 Å². The molecule has 3 aromatic heterocycles. The van der Waals surface area contributed by atoms with Crippen LogP contribution in [0.3, 0.4) is 0 Å². The lowest BCUT2D eigenvalue weighted by atomic mass is 10.1. The number of aromatic nitrogens is 3. The van der Waals surface area contributed by atoms with Gasteiger partial charge in [0.2, 0.25) is 5.56 Å². The molecule has 0 saturated carbocycles. The van der Waals surface area contributed by atoms with Gasteiger partial charge in [-0.2, -0.15) is 0 Å². The highest BCUT2D eigenvalue weighted by atomic mass is 16.5. The monoisotopic (exact) mass is 375 g/mol. The quantitative estimate of drug-likeness (QED) is 0.540. The zero-order valence-electron chi connectivity index (χ0n) is 15.5. The third-order valence-electron chi connectivity index (χ3n) is 4.70. The minimum atomic E-state index is -0.672. The first-order valence-electron chi connectivity index (χ1n) is 9.15. The van der Waals surface area contributed by atoms with Crippen LogP contribution in [0.4, 0.5) is 0 Å². The van der Waals surface area contributed by atoms with Crippen LogP contribution >= 0.6 is 0 Å². The lowest BCUT2D eigenvalue weighted by molar-refractivity contribution is 0.134. The molecule has 4 rings (SSSR count). The fraction of sp³-hybridized carbons (Fsp3) is 0.182. The number of ether oxygens (including phenoxy) is 1. The van der Waals surface area contributed by atoms with E-state index in [2.05, 4.69) is 9.97 Å². The number of fused-ring (bicyclic) bond motifs is 1. The summed E-state index contributed by atoms with van der Waals surface area (Å²) in [5.41, 5.74) is 2.46. The Morgan fingerprint density at radius 1 is 1.18 bits per heavy atom. The van der Waals surface area contributed by atoms with Crippen LogP contribution in [0.25, 0.3) is 16.7 Å². The number of nitrogens with zero attached hydrogens (tertiary/aromatic N) is 2. The van der Waals surface area contributed by atoms with E-state index in [0.29, 0.717) is 18.8 Å². The summed E-state index contributed by atoms with van der Waals surface area (Å²) < 4.78 is 7.73. The standard InChI is InChI=1S/C22H21N3O3/c1-15-9-12-25(20-4-2-3-11-23-20)22(15)19(26)10-13-28-17-6-7-18-16(14-17)5-8-21(27)24-18/h2-9,11-12,14,19,26H,10,13H2,1H3,(H,24,27). The van der Waals surface area contributed by atoms with Gasteiger partial charge in [0.05, 0.1) is 18.4 Å². The summed E-state index contributed by atoms with van der Waals surface area (Å²) in [6, 6.07) is 16.4. The first kappa shape index (κ1) is 18.0. The van der Waals surface area contributed by atoms with Gasteiger partial charge in [0.15, 0.2) is 0 Å². The maximum atomic E-state index is 11.4. The van der Waals surface area contributed by atoms with Gasteiger partial charge in [-0.05, 0) is 55.0 Å². The smallest absolute Gasteiger partial charge is 0.248 e. The minimum Gasteiger partial charge on any atom is -0.493 e. The molecule has 0 bridgehead atoms. The highest BCUT2D eigenvalue weighted by Gasteiger charge is 2.17. The number of benzene rings is 1. The van der Waals surface area contributed by atoms with Crippen LogP contribution in [0.15, 0.2) is 71.8 Å². The maximum Gasteiger partial charge on any atom is 0.248 e. The molecular weight excluding hydrogens is 354 g/mol. The summed E-state index contributed by atoms with van der Waals surface area (Å²) in [4.78, 5) is 18.5. The SMILES string of the molecule is Cc1ccn(-c2ccccn2)c1C(O)CCOc1ccc2[nH]c(=O)ccc2c1.